The fourth-order valence-electron chi connectivity index (χ4n) is 3.53. The Hall–Kier alpha value is -2.78. The minimum atomic E-state index is -3.84. The Morgan fingerprint density at radius 1 is 1.12 bits per heavy atom. The van der Waals surface area contributed by atoms with Crippen molar-refractivity contribution in [2.45, 2.75) is 38.1 Å². The van der Waals surface area contributed by atoms with Crippen LogP contribution in [0.5, 0.6) is 0 Å². The number of nitrogens with one attached hydrogen (secondary N) is 1. The van der Waals surface area contributed by atoms with E-state index in [0.29, 0.717) is 5.56 Å². The number of likely N-dealkylation sites (N-methyl/N-ethyl adjacent to an activating group) is 1. The lowest BCUT2D eigenvalue weighted by atomic mass is 9.99. The Morgan fingerprint density at radius 2 is 1.78 bits per heavy atom. The van der Waals surface area contributed by atoms with E-state index in [4.69, 9.17) is 0 Å². The quantitative estimate of drug-likeness (QED) is 0.610. The number of amides is 1. The summed E-state index contributed by atoms with van der Waals surface area (Å²) in [5, 5.41) is 2.74. The maximum absolute atomic E-state index is 12.7. The number of hydrogen-bond acceptors (Lipinski definition) is 6. The van der Waals surface area contributed by atoms with Gasteiger partial charge in [0.15, 0.2) is 5.78 Å². The van der Waals surface area contributed by atoms with Gasteiger partial charge in [-0.3, -0.25) is 9.59 Å². The third-order valence-electron chi connectivity index (χ3n) is 5.74. The number of benzene rings is 1. The molecule has 1 fully saturated rings. The predicted octanol–water partition coefficient (Wildman–Crippen LogP) is 2.46. The van der Waals surface area contributed by atoms with Crippen molar-refractivity contribution in [1.29, 1.82) is 0 Å². The van der Waals surface area contributed by atoms with E-state index < -0.39 is 15.9 Å². The standard InChI is InChI=1S/C23H30N4O4S/c1-17-10-12-27(13-11-17)22-9-4-19(14-24-22)15-25-23(29)16-26(3)32(30,31)21-7-5-20(6-8-21)18(2)28/h4-9,14,17H,10-13,15-16H2,1-3H3,(H,25,29). The molecule has 1 aliphatic heterocycles. The van der Waals surface area contributed by atoms with Gasteiger partial charge < -0.3 is 10.2 Å². The van der Waals surface area contributed by atoms with E-state index in [1.807, 2.05) is 12.1 Å². The van der Waals surface area contributed by atoms with E-state index >= 15 is 0 Å². The summed E-state index contributed by atoms with van der Waals surface area (Å²) in [5.41, 5.74) is 1.27. The van der Waals surface area contributed by atoms with E-state index in [1.54, 1.807) is 6.20 Å². The minimum Gasteiger partial charge on any atom is -0.357 e. The highest BCUT2D eigenvalue weighted by molar-refractivity contribution is 7.89. The van der Waals surface area contributed by atoms with Crippen LogP contribution in [-0.2, 0) is 21.4 Å². The zero-order valence-electron chi connectivity index (χ0n) is 18.7. The molecule has 172 valence electrons. The number of carbonyl (C=O) groups is 2. The van der Waals surface area contributed by atoms with Crippen molar-refractivity contribution in [3.63, 3.8) is 0 Å². The first-order valence-electron chi connectivity index (χ1n) is 10.7. The first-order valence-corrected chi connectivity index (χ1v) is 12.1. The number of ketones is 1. The van der Waals surface area contributed by atoms with Gasteiger partial charge in [-0.05, 0) is 49.4 Å². The van der Waals surface area contributed by atoms with Crippen LogP contribution in [0.2, 0.25) is 0 Å². The maximum Gasteiger partial charge on any atom is 0.243 e. The molecular weight excluding hydrogens is 428 g/mol. The van der Waals surface area contributed by atoms with Gasteiger partial charge in [-0.25, -0.2) is 13.4 Å². The largest absolute Gasteiger partial charge is 0.357 e. The number of carbonyl (C=O) groups excluding carboxylic acids is 2. The van der Waals surface area contributed by atoms with Gasteiger partial charge in [0, 0.05) is 38.4 Å². The average Bonchev–Trinajstić information content (AvgIpc) is 2.78. The number of rotatable bonds is 8. The van der Waals surface area contributed by atoms with Crippen molar-refractivity contribution >= 4 is 27.5 Å². The van der Waals surface area contributed by atoms with E-state index in [0.717, 1.165) is 47.5 Å². The summed E-state index contributed by atoms with van der Waals surface area (Å²) in [5.74, 6) is 1.14. The molecule has 8 nitrogen and oxygen atoms in total. The van der Waals surface area contributed by atoms with Gasteiger partial charge in [0.2, 0.25) is 15.9 Å². The summed E-state index contributed by atoms with van der Waals surface area (Å²) in [6.07, 6.45) is 4.07. The molecule has 32 heavy (non-hydrogen) atoms. The molecule has 0 aliphatic carbocycles. The Kier molecular flexibility index (Phi) is 7.63. The molecule has 0 unspecified atom stereocenters. The van der Waals surface area contributed by atoms with E-state index in [9.17, 15) is 18.0 Å². The topological polar surface area (TPSA) is 99.7 Å². The maximum atomic E-state index is 12.7. The van der Waals surface area contributed by atoms with Crippen LogP contribution in [0, 0.1) is 5.92 Å². The molecule has 1 amide bonds. The summed E-state index contributed by atoms with van der Waals surface area (Å²) in [4.78, 5) is 30.5. The van der Waals surface area contributed by atoms with Crippen LogP contribution in [0.3, 0.4) is 0 Å². The van der Waals surface area contributed by atoms with Crippen LogP contribution < -0.4 is 10.2 Å². The Bertz CT molecular complexity index is 1040. The first kappa shape index (κ1) is 23.9. The summed E-state index contributed by atoms with van der Waals surface area (Å²) in [6, 6.07) is 9.55. The van der Waals surface area contributed by atoms with Crippen molar-refractivity contribution < 1.29 is 18.0 Å². The molecule has 1 aromatic carbocycles. The van der Waals surface area contributed by atoms with Gasteiger partial charge in [-0.2, -0.15) is 4.31 Å². The van der Waals surface area contributed by atoms with Gasteiger partial charge in [-0.1, -0.05) is 25.1 Å². The molecule has 1 saturated heterocycles. The lowest BCUT2D eigenvalue weighted by molar-refractivity contribution is -0.121. The number of piperidine rings is 1. The second kappa shape index (κ2) is 10.2. The van der Waals surface area contributed by atoms with Gasteiger partial charge in [0.1, 0.15) is 5.82 Å². The lowest BCUT2D eigenvalue weighted by Crippen LogP contribution is -2.38. The SMILES string of the molecule is CC(=O)c1ccc(S(=O)(=O)N(C)CC(=O)NCc2ccc(N3CCC(C)CC3)nc2)cc1. The molecule has 0 bridgehead atoms. The molecule has 0 saturated carbocycles. The van der Waals surface area contributed by atoms with Crippen LogP contribution in [0.25, 0.3) is 0 Å². The first-order chi connectivity index (χ1) is 15.2. The van der Waals surface area contributed by atoms with Crippen molar-refractivity contribution in [2.75, 3.05) is 31.6 Å². The summed E-state index contributed by atoms with van der Waals surface area (Å²) >= 11 is 0. The number of pyridine rings is 1. The minimum absolute atomic E-state index is 0.0321. The van der Waals surface area contributed by atoms with Crippen molar-refractivity contribution in [3.8, 4) is 0 Å². The Balaban J connectivity index is 1.52. The molecule has 1 aliphatic rings. The number of nitrogens with zero attached hydrogens (tertiary/aromatic N) is 3. The highest BCUT2D eigenvalue weighted by Gasteiger charge is 2.23. The third kappa shape index (κ3) is 5.92. The number of aromatic nitrogens is 1. The van der Waals surface area contributed by atoms with Gasteiger partial charge in [-0.15, -0.1) is 0 Å². The summed E-state index contributed by atoms with van der Waals surface area (Å²) < 4.78 is 26.3. The molecule has 1 N–H and O–H groups in total. The molecule has 2 aromatic rings. The molecular formula is C23H30N4O4S. The van der Waals surface area contributed by atoms with Crippen LogP contribution in [0.15, 0.2) is 47.5 Å². The Labute approximate surface area is 189 Å². The van der Waals surface area contributed by atoms with E-state index in [2.05, 4.69) is 22.1 Å². The predicted molar refractivity (Wildman–Crippen MR) is 123 cm³/mol. The van der Waals surface area contributed by atoms with Gasteiger partial charge >= 0.3 is 0 Å². The number of sulfonamides is 1. The molecule has 1 aromatic heterocycles. The molecule has 0 spiro atoms. The van der Waals surface area contributed by atoms with Crippen molar-refractivity contribution in [2.24, 2.45) is 5.92 Å². The smallest absolute Gasteiger partial charge is 0.243 e. The van der Waals surface area contributed by atoms with E-state index in [1.165, 1.54) is 38.2 Å². The second-order valence-electron chi connectivity index (χ2n) is 8.31. The highest BCUT2D eigenvalue weighted by atomic mass is 32.2. The van der Waals surface area contributed by atoms with Crippen LogP contribution in [-0.4, -0.2) is 56.1 Å². The van der Waals surface area contributed by atoms with Crippen LogP contribution >= 0.6 is 0 Å². The number of hydrogen-bond donors (Lipinski definition) is 1. The summed E-state index contributed by atoms with van der Waals surface area (Å²) in [7, 11) is -2.49. The monoisotopic (exact) mass is 458 g/mol. The van der Waals surface area contributed by atoms with Gasteiger partial charge in [0.25, 0.3) is 0 Å². The van der Waals surface area contributed by atoms with Crippen LogP contribution in [0.1, 0.15) is 42.6 Å². The molecule has 9 heteroatoms. The third-order valence-corrected chi connectivity index (χ3v) is 7.56. The van der Waals surface area contributed by atoms with Crippen molar-refractivity contribution in [1.82, 2.24) is 14.6 Å². The number of anilines is 1. The van der Waals surface area contributed by atoms with E-state index in [-0.39, 0.29) is 23.8 Å². The van der Waals surface area contributed by atoms with Crippen LogP contribution in [0.4, 0.5) is 5.82 Å². The normalized spacial score (nSPS) is 15.1. The zero-order valence-corrected chi connectivity index (χ0v) is 19.6. The Morgan fingerprint density at radius 3 is 2.34 bits per heavy atom. The fourth-order valence-corrected chi connectivity index (χ4v) is 4.66. The highest BCUT2D eigenvalue weighted by Crippen LogP contribution is 2.21. The van der Waals surface area contributed by atoms with Gasteiger partial charge in [0.05, 0.1) is 11.4 Å². The molecule has 0 radical (unpaired) electrons. The molecule has 3 rings (SSSR count). The summed E-state index contributed by atoms with van der Waals surface area (Å²) in [6.45, 7) is 5.64. The van der Waals surface area contributed by atoms with Crippen molar-refractivity contribution in [3.05, 3.63) is 53.7 Å². The lowest BCUT2D eigenvalue weighted by Gasteiger charge is -2.31. The fraction of sp³-hybridized carbons (Fsp3) is 0.435. The number of Topliss-reactive ketones (excluding diaryl/α,β-unsaturated/α-hetero) is 1. The second-order valence-corrected chi connectivity index (χ2v) is 10.4. The zero-order chi connectivity index (χ0) is 23.3. The average molecular weight is 459 g/mol. The molecule has 2 heterocycles. The molecule has 0 atom stereocenters.